The molecule has 1 aromatic carbocycles. The number of sulfonamides is 1. The molecule has 0 saturated heterocycles. The molecule has 2 rings (SSSR count). The number of carbonyl (C=O) groups is 1. The smallest absolute Gasteiger partial charge is 0.335 e. The van der Waals surface area contributed by atoms with E-state index in [2.05, 4.69) is 30.6 Å². The predicted octanol–water partition coefficient (Wildman–Crippen LogP) is 1.66. The molecular formula is C12H12BrN3O4S. The number of hydrogen-bond acceptors (Lipinski definition) is 4. The molecule has 0 fully saturated rings. The van der Waals surface area contributed by atoms with Gasteiger partial charge >= 0.3 is 5.97 Å². The van der Waals surface area contributed by atoms with Gasteiger partial charge in [0.2, 0.25) is 10.0 Å². The SMILES string of the molecule is Cc1cc(C(=O)O)cc(S(=O)(=O)NCc2ncc[nH]2)c1Br. The first-order valence-electron chi connectivity index (χ1n) is 5.82. The quantitative estimate of drug-likeness (QED) is 0.737. The summed E-state index contributed by atoms with van der Waals surface area (Å²) in [5.74, 6) is -0.728. The third-order valence-corrected chi connectivity index (χ3v) is 5.48. The topological polar surface area (TPSA) is 112 Å². The lowest BCUT2D eigenvalue weighted by Gasteiger charge is -2.10. The zero-order valence-electron chi connectivity index (χ0n) is 10.9. The maximum absolute atomic E-state index is 12.3. The van der Waals surface area contributed by atoms with Gasteiger partial charge < -0.3 is 10.1 Å². The maximum Gasteiger partial charge on any atom is 0.335 e. The van der Waals surface area contributed by atoms with Crippen molar-refractivity contribution in [2.45, 2.75) is 18.4 Å². The molecule has 7 nitrogen and oxygen atoms in total. The van der Waals surface area contributed by atoms with E-state index in [1.54, 1.807) is 13.1 Å². The molecule has 0 amide bonds. The fourth-order valence-electron chi connectivity index (χ4n) is 1.69. The minimum atomic E-state index is -3.87. The highest BCUT2D eigenvalue weighted by molar-refractivity contribution is 9.10. The monoisotopic (exact) mass is 373 g/mol. The van der Waals surface area contributed by atoms with Gasteiger partial charge in [-0.2, -0.15) is 0 Å². The number of imidazole rings is 1. The van der Waals surface area contributed by atoms with E-state index in [0.717, 1.165) is 6.07 Å². The number of aromatic amines is 1. The number of aryl methyl sites for hydroxylation is 1. The second-order valence-electron chi connectivity index (χ2n) is 4.27. The third-order valence-electron chi connectivity index (χ3n) is 2.74. The Morgan fingerprint density at radius 2 is 2.19 bits per heavy atom. The number of benzene rings is 1. The molecule has 0 aliphatic carbocycles. The normalized spacial score (nSPS) is 11.5. The second kappa shape index (κ2) is 5.96. The van der Waals surface area contributed by atoms with Gasteiger partial charge in [0.25, 0.3) is 0 Å². The van der Waals surface area contributed by atoms with E-state index in [0.29, 0.717) is 15.9 Å². The summed E-state index contributed by atoms with van der Waals surface area (Å²) in [6, 6.07) is 2.52. The molecule has 3 N–H and O–H groups in total. The van der Waals surface area contributed by atoms with Crippen LogP contribution in [0.25, 0.3) is 0 Å². The number of carboxylic acids is 1. The lowest BCUT2D eigenvalue weighted by molar-refractivity contribution is 0.0696. The second-order valence-corrected chi connectivity index (χ2v) is 6.80. The van der Waals surface area contributed by atoms with Crippen LogP contribution < -0.4 is 4.72 Å². The minimum Gasteiger partial charge on any atom is -0.478 e. The molecule has 0 aliphatic heterocycles. The zero-order chi connectivity index (χ0) is 15.6. The number of H-pyrrole nitrogens is 1. The van der Waals surface area contributed by atoms with E-state index < -0.39 is 16.0 Å². The van der Waals surface area contributed by atoms with Crippen molar-refractivity contribution in [1.29, 1.82) is 0 Å². The maximum atomic E-state index is 12.3. The van der Waals surface area contributed by atoms with Gasteiger partial charge in [-0.3, -0.25) is 0 Å². The number of nitrogens with one attached hydrogen (secondary N) is 2. The first-order valence-corrected chi connectivity index (χ1v) is 8.10. The molecule has 9 heteroatoms. The Kier molecular flexibility index (Phi) is 4.45. The highest BCUT2D eigenvalue weighted by Gasteiger charge is 2.21. The highest BCUT2D eigenvalue weighted by Crippen LogP contribution is 2.27. The van der Waals surface area contributed by atoms with Crippen molar-refractivity contribution in [3.63, 3.8) is 0 Å². The Labute approximate surface area is 129 Å². The van der Waals surface area contributed by atoms with Gasteiger partial charge in [-0.15, -0.1) is 0 Å². The van der Waals surface area contributed by atoms with Gasteiger partial charge in [0.05, 0.1) is 17.0 Å². The van der Waals surface area contributed by atoms with Crippen LogP contribution >= 0.6 is 15.9 Å². The largest absolute Gasteiger partial charge is 0.478 e. The first kappa shape index (κ1) is 15.7. The molecule has 0 radical (unpaired) electrons. The summed E-state index contributed by atoms with van der Waals surface area (Å²) in [6.07, 6.45) is 3.09. The van der Waals surface area contributed by atoms with Crippen LogP contribution in [0.1, 0.15) is 21.7 Å². The molecule has 0 saturated carbocycles. The highest BCUT2D eigenvalue weighted by atomic mass is 79.9. The molecule has 0 atom stereocenters. The average molecular weight is 374 g/mol. The zero-order valence-corrected chi connectivity index (χ0v) is 13.3. The van der Waals surface area contributed by atoms with Crippen LogP contribution in [-0.4, -0.2) is 29.5 Å². The van der Waals surface area contributed by atoms with Crippen LogP contribution in [0.5, 0.6) is 0 Å². The lowest BCUT2D eigenvalue weighted by atomic mass is 10.1. The van der Waals surface area contributed by atoms with Crippen LogP contribution in [0.2, 0.25) is 0 Å². The van der Waals surface area contributed by atoms with E-state index >= 15 is 0 Å². The molecular weight excluding hydrogens is 362 g/mol. The van der Waals surface area contributed by atoms with Gasteiger partial charge in [0.1, 0.15) is 5.82 Å². The van der Waals surface area contributed by atoms with Crippen LogP contribution in [0, 0.1) is 6.92 Å². The number of carboxylic acid groups (broad SMARTS) is 1. The summed E-state index contributed by atoms with van der Waals surface area (Å²) in [6.45, 7) is 1.61. The van der Waals surface area contributed by atoms with Crippen LogP contribution in [0.4, 0.5) is 0 Å². The Bertz CT molecular complexity index is 772. The van der Waals surface area contributed by atoms with Crippen LogP contribution in [0.3, 0.4) is 0 Å². The van der Waals surface area contributed by atoms with E-state index in [4.69, 9.17) is 5.11 Å². The summed E-state index contributed by atoms with van der Waals surface area (Å²) >= 11 is 3.18. The number of aromatic carboxylic acids is 1. The van der Waals surface area contributed by atoms with E-state index in [-0.39, 0.29) is 17.0 Å². The summed E-state index contributed by atoms with van der Waals surface area (Å²) in [5, 5.41) is 9.02. The first-order chi connectivity index (χ1) is 9.81. The molecule has 0 aliphatic rings. The van der Waals surface area contributed by atoms with Crippen molar-refractivity contribution in [3.8, 4) is 0 Å². The number of rotatable bonds is 5. The van der Waals surface area contributed by atoms with Crippen molar-refractivity contribution in [2.75, 3.05) is 0 Å². The Morgan fingerprint density at radius 3 is 2.76 bits per heavy atom. The van der Waals surface area contributed by atoms with Crippen molar-refractivity contribution in [2.24, 2.45) is 0 Å². The number of nitrogens with zero attached hydrogens (tertiary/aromatic N) is 1. The van der Waals surface area contributed by atoms with Gasteiger partial charge in [-0.05, 0) is 40.5 Å². The fourth-order valence-corrected chi connectivity index (χ4v) is 3.72. The summed E-state index contributed by atoms with van der Waals surface area (Å²) in [5.41, 5.74) is 0.433. The Morgan fingerprint density at radius 1 is 1.48 bits per heavy atom. The summed E-state index contributed by atoms with van der Waals surface area (Å²) in [7, 11) is -3.87. The summed E-state index contributed by atoms with van der Waals surface area (Å²) < 4.78 is 27.3. The average Bonchev–Trinajstić information content (AvgIpc) is 2.92. The molecule has 1 aromatic heterocycles. The lowest BCUT2D eigenvalue weighted by Crippen LogP contribution is -2.24. The molecule has 0 spiro atoms. The van der Waals surface area contributed by atoms with Crippen molar-refractivity contribution in [1.82, 2.24) is 14.7 Å². The molecule has 0 unspecified atom stereocenters. The third kappa shape index (κ3) is 3.49. The van der Waals surface area contributed by atoms with Gasteiger partial charge in [-0.1, -0.05) is 0 Å². The van der Waals surface area contributed by atoms with Gasteiger partial charge in [0, 0.05) is 16.9 Å². The molecule has 2 aromatic rings. The Hall–Kier alpha value is -1.71. The summed E-state index contributed by atoms with van der Waals surface area (Å²) in [4.78, 5) is 17.6. The van der Waals surface area contributed by atoms with E-state index in [9.17, 15) is 13.2 Å². The van der Waals surface area contributed by atoms with Gasteiger partial charge in [-0.25, -0.2) is 22.9 Å². The van der Waals surface area contributed by atoms with Gasteiger partial charge in [0.15, 0.2) is 0 Å². The van der Waals surface area contributed by atoms with Crippen molar-refractivity contribution < 1.29 is 18.3 Å². The van der Waals surface area contributed by atoms with E-state index in [1.165, 1.54) is 12.3 Å². The number of hydrogen-bond donors (Lipinski definition) is 3. The molecule has 21 heavy (non-hydrogen) atoms. The fraction of sp³-hybridized carbons (Fsp3) is 0.167. The predicted molar refractivity (Wildman–Crippen MR) is 78.5 cm³/mol. The number of halogens is 1. The standard InChI is InChI=1S/C12H12BrN3O4S/c1-7-4-8(12(17)18)5-9(11(7)13)21(19,20)16-6-10-14-2-3-15-10/h2-5,16H,6H2,1H3,(H,14,15)(H,17,18). The van der Waals surface area contributed by atoms with E-state index in [1.807, 2.05) is 0 Å². The van der Waals surface area contributed by atoms with Crippen molar-refractivity contribution in [3.05, 3.63) is 46.0 Å². The molecule has 112 valence electrons. The van der Waals surface area contributed by atoms with Crippen LogP contribution in [-0.2, 0) is 16.6 Å². The minimum absolute atomic E-state index is 0.0158. The van der Waals surface area contributed by atoms with Crippen molar-refractivity contribution >= 4 is 31.9 Å². The Balaban J connectivity index is 2.37. The number of aromatic nitrogens is 2. The van der Waals surface area contributed by atoms with Crippen LogP contribution in [0.15, 0.2) is 33.9 Å². The molecule has 1 heterocycles. The molecule has 0 bridgehead atoms.